The summed E-state index contributed by atoms with van der Waals surface area (Å²) in [6, 6.07) is 16.0. The summed E-state index contributed by atoms with van der Waals surface area (Å²) in [5.41, 5.74) is 10.3. The Balaban J connectivity index is 2.00. The van der Waals surface area contributed by atoms with Crippen LogP contribution in [0.25, 0.3) is 32.7 Å². The Morgan fingerprint density at radius 2 is 1.53 bits per heavy atom. The van der Waals surface area contributed by atoms with E-state index in [9.17, 15) is 9.59 Å². The number of hydrogen-bond acceptors (Lipinski definition) is 4. The summed E-state index contributed by atoms with van der Waals surface area (Å²) in [5, 5.41) is 0.599. The zero-order valence-corrected chi connectivity index (χ0v) is 18.0. The van der Waals surface area contributed by atoms with Gasteiger partial charge >= 0.3 is 0 Å². The first-order valence-corrected chi connectivity index (χ1v) is 10.6. The monoisotopic (exact) mass is 417 g/mol. The van der Waals surface area contributed by atoms with Crippen LogP contribution in [0.3, 0.4) is 0 Å². The summed E-state index contributed by atoms with van der Waals surface area (Å²) in [7, 11) is 0. The van der Waals surface area contributed by atoms with Crippen molar-refractivity contribution < 1.29 is 4.79 Å². The van der Waals surface area contributed by atoms with Crippen LogP contribution in [0, 0.1) is 20.8 Å². The maximum Gasteiger partial charge on any atom is 0.263 e. The summed E-state index contributed by atoms with van der Waals surface area (Å²) in [4.78, 5) is 31.7. The predicted molar refractivity (Wildman–Crippen MR) is 123 cm³/mol. The number of primary amides is 1. The second-order valence-corrected chi connectivity index (χ2v) is 8.76. The number of aryl methyl sites for hydroxylation is 3. The van der Waals surface area contributed by atoms with Crippen molar-refractivity contribution >= 4 is 27.5 Å². The van der Waals surface area contributed by atoms with Crippen molar-refractivity contribution in [3.05, 3.63) is 74.9 Å². The number of carbonyl (C=O) groups is 1. The highest BCUT2D eigenvalue weighted by Gasteiger charge is 2.20. The lowest BCUT2D eigenvalue weighted by Crippen LogP contribution is -2.26. The Labute approximate surface area is 178 Å². The van der Waals surface area contributed by atoms with Crippen LogP contribution in [0.5, 0.6) is 0 Å². The molecule has 30 heavy (non-hydrogen) atoms. The van der Waals surface area contributed by atoms with Crippen LogP contribution < -0.4 is 11.3 Å². The van der Waals surface area contributed by atoms with Crippen molar-refractivity contribution in [2.75, 3.05) is 0 Å². The smallest absolute Gasteiger partial charge is 0.263 e. The maximum absolute atomic E-state index is 13.7. The molecule has 0 saturated carbocycles. The van der Waals surface area contributed by atoms with Crippen LogP contribution >= 0.6 is 11.3 Å². The highest BCUT2D eigenvalue weighted by molar-refractivity contribution is 7.19. The van der Waals surface area contributed by atoms with E-state index in [4.69, 9.17) is 10.7 Å². The number of hydrogen-bond donors (Lipinski definition) is 1. The average molecular weight is 418 g/mol. The summed E-state index contributed by atoms with van der Waals surface area (Å²) in [6.45, 7) is 6.26. The largest absolute Gasteiger partial charge is 0.370 e. The number of nitrogens with zero attached hydrogens (tertiary/aromatic N) is 2. The zero-order valence-electron chi connectivity index (χ0n) is 17.2. The fourth-order valence-electron chi connectivity index (χ4n) is 3.62. The SMILES string of the molecule is Cc1ccc(-c2c(C)sc3nc(-c4ccc(C)cc4)n(CCC(N)=O)c(=O)c23)cc1. The van der Waals surface area contributed by atoms with E-state index in [1.54, 1.807) is 4.57 Å². The molecule has 4 rings (SSSR count). The molecule has 2 heterocycles. The van der Waals surface area contributed by atoms with E-state index in [2.05, 4.69) is 0 Å². The quantitative estimate of drug-likeness (QED) is 0.516. The average Bonchev–Trinajstić information content (AvgIpc) is 3.04. The molecular weight excluding hydrogens is 394 g/mol. The molecule has 0 atom stereocenters. The van der Waals surface area contributed by atoms with Crippen LogP contribution in [0.4, 0.5) is 0 Å². The van der Waals surface area contributed by atoms with E-state index in [1.165, 1.54) is 11.3 Å². The molecule has 2 aromatic carbocycles. The Morgan fingerprint density at radius 1 is 0.967 bits per heavy atom. The molecule has 0 unspecified atom stereocenters. The highest BCUT2D eigenvalue weighted by Crippen LogP contribution is 2.36. The summed E-state index contributed by atoms with van der Waals surface area (Å²) < 4.78 is 1.58. The number of nitrogens with two attached hydrogens (primary N) is 1. The van der Waals surface area contributed by atoms with E-state index in [0.29, 0.717) is 16.0 Å². The normalized spacial score (nSPS) is 11.2. The first-order chi connectivity index (χ1) is 14.3. The topological polar surface area (TPSA) is 78.0 Å². The van der Waals surface area contributed by atoms with Crippen molar-refractivity contribution in [3.63, 3.8) is 0 Å². The molecular formula is C24H23N3O2S. The van der Waals surface area contributed by atoms with Gasteiger partial charge in [-0.2, -0.15) is 0 Å². The molecule has 0 aliphatic carbocycles. The molecule has 1 amide bonds. The van der Waals surface area contributed by atoms with Gasteiger partial charge in [-0.05, 0) is 26.3 Å². The third-order valence-electron chi connectivity index (χ3n) is 5.22. The summed E-state index contributed by atoms with van der Waals surface area (Å²) in [6.07, 6.45) is 0.0783. The minimum absolute atomic E-state index is 0.0783. The van der Waals surface area contributed by atoms with Gasteiger partial charge < -0.3 is 5.73 Å². The maximum atomic E-state index is 13.7. The van der Waals surface area contributed by atoms with Crippen molar-refractivity contribution in [3.8, 4) is 22.5 Å². The van der Waals surface area contributed by atoms with Crippen LogP contribution in [0.1, 0.15) is 22.4 Å². The summed E-state index contributed by atoms with van der Waals surface area (Å²) in [5.74, 6) is 0.113. The van der Waals surface area contributed by atoms with Crippen molar-refractivity contribution in [2.45, 2.75) is 33.7 Å². The number of carbonyl (C=O) groups excluding carboxylic acids is 1. The van der Waals surface area contributed by atoms with Gasteiger partial charge in [0.1, 0.15) is 10.7 Å². The van der Waals surface area contributed by atoms with Gasteiger partial charge in [-0.25, -0.2) is 4.98 Å². The van der Waals surface area contributed by atoms with Crippen molar-refractivity contribution in [1.29, 1.82) is 0 Å². The van der Waals surface area contributed by atoms with Gasteiger partial charge in [-0.1, -0.05) is 59.7 Å². The van der Waals surface area contributed by atoms with E-state index in [0.717, 1.165) is 32.7 Å². The number of benzene rings is 2. The predicted octanol–water partition coefficient (Wildman–Crippen LogP) is 4.59. The van der Waals surface area contributed by atoms with Crippen LogP contribution in [-0.2, 0) is 11.3 Å². The van der Waals surface area contributed by atoms with E-state index >= 15 is 0 Å². The van der Waals surface area contributed by atoms with Crippen LogP contribution in [0.15, 0.2) is 53.3 Å². The fourth-order valence-corrected chi connectivity index (χ4v) is 4.65. The number of fused-ring (bicyclic) bond motifs is 1. The molecule has 2 aromatic heterocycles. The number of amides is 1. The number of rotatable bonds is 5. The molecule has 0 radical (unpaired) electrons. The second-order valence-electron chi connectivity index (χ2n) is 7.55. The molecule has 152 valence electrons. The first-order valence-electron chi connectivity index (χ1n) is 9.81. The van der Waals surface area contributed by atoms with Gasteiger partial charge in [0.05, 0.1) is 5.39 Å². The second kappa shape index (κ2) is 7.88. The van der Waals surface area contributed by atoms with Gasteiger partial charge in [0.15, 0.2) is 0 Å². The van der Waals surface area contributed by atoms with Gasteiger partial charge in [0, 0.05) is 29.0 Å². The third-order valence-corrected chi connectivity index (χ3v) is 6.22. The highest BCUT2D eigenvalue weighted by atomic mass is 32.1. The minimum Gasteiger partial charge on any atom is -0.370 e. The lowest BCUT2D eigenvalue weighted by molar-refractivity contribution is -0.118. The molecule has 0 aliphatic heterocycles. The van der Waals surface area contributed by atoms with Crippen LogP contribution in [-0.4, -0.2) is 15.5 Å². The van der Waals surface area contributed by atoms with Gasteiger partial charge in [-0.15, -0.1) is 11.3 Å². The Kier molecular flexibility index (Phi) is 5.26. The fraction of sp³-hybridized carbons (Fsp3) is 0.208. The molecule has 4 aromatic rings. The van der Waals surface area contributed by atoms with Crippen molar-refractivity contribution in [1.82, 2.24) is 9.55 Å². The molecule has 2 N–H and O–H groups in total. The Bertz CT molecular complexity index is 1300. The molecule has 6 heteroatoms. The first kappa shape index (κ1) is 20.0. The minimum atomic E-state index is -0.447. The Morgan fingerprint density at radius 3 is 2.10 bits per heavy atom. The molecule has 5 nitrogen and oxygen atoms in total. The summed E-state index contributed by atoms with van der Waals surface area (Å²) >= 11 is 1.52. The number of aromatic nitrogens is 2. The van der Waals surface area contributed by atoms with E-state index < -0.39 is 5.91 Å². The van der Waals surface area contributed by atoms with Crippen LogP contribution in [0.2, 0.25) is 0 Å². The van der Waals surface area contributed by atoms with E-state index in [1.807, 2.05) is 69.3 Å². The van der Waals surface area contributed by atoms with E-state index in [-0.39, 0.29) is 18.5 Å². The molecule has 0 saturated heterocycles. The van der Waals surface area contributed by atoms with Gasteiger partial charge in [0.2, 0.25) is 5.91 Å². The standard InChI is InChI=1S/C24H23N3O2S/c1-14-4-8-17(9-5-14)20-16(3)30-23-21(20)24(29)27(13-12-19(25)28)22(26-23)18-10-6-15(2)7-11-18/h4-11H,12-13H2,1-3H3,(H2,25,28). The lowest BCUT2D eigenvalue weighted by Gasteiger charge is -2.13. The zero-order chi connectivity index (χ0) is 21.4. The molecule has 0 aliphatic rings. The molecule has 0 fully saturated rings. The van der Waals surface area contributed by atoms with Crippen molar-refractivity contribution in [2.24, 2.45) is 5.73 Å². The van der Waals surface area contributed by atoms with Gasteiger partial charge in [-0.3, -0.25) is 14.2 Å². The van der Waals surface area contributed by atoms with Gasteiger partial charge in [0.25, 0.3) is 5.56 Å². The molecule has 0 bridgehead atoms. The lowest BCUT2D eigenvalue weighted by atomic mass is 10.0. The number of thiophene rings is 1. The molecule has 0 spiro atoms. The third kappa shape index (κ3) is 3.66. The Hall–Kier alpha value is -3.25.